The quantitative estimate of drug-likeness (QED) is 0.506. The molecule has 2 heterocycles. The molecular formula is C23H26ClFN4O2. The van der Waals surface area contributed by atoms with E-state index in [0.29, 0.717) is 23.8 Å². The monoisotopic (exact) mass is 444 g/mol. The highest BCUT2D eigenvalue weighted by Gasteiger charge is 2.40. The fourth-order valence-corrected chi connectivity index (χ4v) is 4.72. The number of carbonyl (C=O) groups excluding carboxylic acids is 1. The predicted octanol–water partition coefficient (Wildman–Crippen LogP) is 5.36. The number of halogens is 2. The van der Waals surface area contributed by atoms with E-state index in [1.165, 1.54) is 12.1 Å². The summed E-state index contributed by atoms with van der Waals surface area (Å²) in [5.41, 5.74) is 1.52. The smallest absolute Gasteiger partial charge is 0.321 e. The number of anilines is 1. The molecule has 1 aliphatic heterocycles. The number of H-pyrrole nitrogens is 1. The van der Waals surface area contributed by atoms with Crippen molar-refractivity contribution in [3.8, 4) is 0 Å². The number of benzene rings is 2. The van der Waals surface area contributed by atoms with Gasteiger partial charge in [-0.3, -0.25) is 5.10 Å². The van der Waals surface area contributed by atoms with E-state index in [1.807, 2.05) is 19.9 Å². The van der Waals surface area contributed by atoms with Gasteiger partial charge in [-0.25, -0.2) is 9.18 Å². The lowest BCUT2D eigenvalue weighted by Crippen LogP contribution is -2.45. The molecule has 3 aromatic rings. The number of rotatable bonds is 4. The van der Waals surface area contributed by atoms with Crippen LogP contribution in [0.25, 0.3) is 10.9 Å². The van der Waals surface area contributed by atoms with Crippen molar-refractivity contribution in [2.45, 2.75) is 32.8 Å². The van der Waals surface area contributed by atoms with Crippen LogP contribution >= 0.6 is 11.6 Å². The SMILES string of the molecule is CC(C)(C1CCN(C(=O)Nc2cccc(F)c2)CC1)C(O)c1cc(Cl)cc2cn[nH]c12. The Balaban J connectivity index is 1.43. The second kappa shape index (κ2) is 8.48. The van der Waals surface area contributed by atoms with E-state index in [4.69, 9.17) is 11.6 Å². The minimum atomic E-state index is -0.744. The number of piperidine rings is 1. The highest BCUT2D eigenvalue weighted by molar-refractivity contribution is 6.31. The number of nitrogens with one attached hydrogen (secondary N) is 2. The topological polar surface area (TPSA) is 81.2 Å². The van der Waals surface area contributed by atoms with Gasteiger partial charge in [0.1, 0.15) is 5.82 Å². The van der Waals surface area contributed by atoms with Crippen LogP contribution in [0.3, 0.4) is 0 Å². The Bertz CT molecular complexity index is 1090. The summed E-state index contributed by atoms with van der Waals surface area (Å²) in [6.45, 7) is 5.23. The maximum absolute atomic E-state index is 13.4. The lowest BCUT2D eigenvalue weighted by molar-refractivity contribution is -0.0138. The largest absolute Gasteiger partial charge is 0.388 e. The average molecular weight is 445 g/mol. The first-order valence-electron chi connectivity index (χ1n) is 10.4. The fourth-order valence-electron chi connectivity index (χ4n) is 4.48. The molecule has 1 saturated heterocycles. The van der Waals surface area contributed by atoms with Gasteiger partial charge < -0.3 is 15.3 Å². The summed E-state index contributed by atoms with van der Waals surface area (Å²) in [5, 5.41) is 22.5. The van der Waals surface area contributed by atoms with E-state index in [9.17, 15) is 14.3 Å². The van der Waals surface area contributed by atoms with E-state index >= 15 is 0 Å². The number of aromatic amines is 1. The van der Waals surface area contributed by atoms with Gasteiger partial charge in [-0.05, 0) is 54.5 Å². The molecule has 0 spiro atoms. The fraction of sp³-hybridized carbons (Fsp3) is 0.391. The van der Waals surface area contributed by atoms with Gasteiger partial charge in [0.25, 0.3) is 0 Å². The van der Waals surface area contributed by atoms with Crippen molar-refractivity contribution < 1.29 is 14.3 Å². The molecule has 1 fully saturated rings. The van der Waals surface area contributed by atoms with Gasteiger partial charge in [0.05, 0.1) is 17.8 Å². The average Bonchev–Trinajstić information content (AvgIpc) is 3.21. The number of aromatic nitrogens is 2. The number of hydrogen-bond donors (Lipinski definition) is 3. The maximum Gasteiger partial charge on any atom is 0.321 e. The number of hydrogen-bond acceptors (Lipinski definition) is 3. The molecule has 1 aliphatic rings. The Labute approximate surface area is 185 Å². The lowest BCUT2D eigenvalue weighted by Gasteiger charge is -2.43. The molecule has 2 aromatic carbocycles. The molecule has 31 heavy (non-hydrogen) atoms. The van der Waals surface area contributed by atoms with Gasteiger partial charge in [0, 0.05) is 34.7 Å². The molecule has 164 valence electrons. The van der Waals surface area contributed by atoms with E-state index < -0.39 is 11.5 Å². The number of fused-ring (bicyclic) bond motifs is 1. The number of amides is 2. The molecule has 4 rings (SSSR count). The van der Waals surface area contributed by atoms with Crippen molar-refractivity contribution in [3.63, 3.8) is 0 Å². The number of nitrogens with zero attached hydrogens (tertiary/aromatic N) is 2. The number of urea groups is 1. The molecular weight excluding hydrogens is 419 g/mol. The van der Waals surface area contributed by atoms with Crippen LogP contribution in [0.15, 0.2) is 42.6 Å². The van der Waals surface area contributed by atoms with Crippen LogP contribution in [-0.4, -0.2) is 39.3 Å². The Kier molecular flexibility index (Phi) is 5.90. The van der Waals surface area contributed by atoms with E-state index in [-0.39, 0.29) is 17.8 Å². The van der Waals surface area contributed by atoms with Crippen molar-refractivity contribution in [1.29, 1.82) is 0 Å². The molecule has 6 nitrogen and oxygen atoms in total. The van der Waals surface area contributed by atoms with Gasteiger partial charge in [-0.15, -0.1) is 0 Å². The molecule has 1 aromatic heterocycles. The van der Waals surface area contributed by atoms with Gasteiger partial charge in [-0.2, -0.15) is 5.10 Å². The van der Waals surface area contributed by atoms with Crippen LogP contribution in [0.2, 0.25) is 5.02 Å². The van der Waals surface area contributed by atoms with Crippen LogP contribution in [0, 0.1) is 17.2 Å². The molecule has 3 N–H and O–H groups in total. The third-order valence-corrected chi connectivity index (χ3v) is 6.67. The summed E-state index contributed by atoms with van der Waals surface area (Å²) in [7, 11) is 0. The minimum Gasteiger partial charge on any atom is -0.388 e. The summed E-state index contributed by atoms with van der Waals surface area (Å²) < 4.78 is 13.4. The van der Waals surface area contributed by atoms with E-state index in [1.54, 1.807) is 29.3 Å². The summed E-state index contributed by atoms with van der Waals surface area (Å²) in [6, 6.07) is 9.23. The first-order valence-corrected chi connectivity index (χ1v) is 10.8. The lowest BCUT2D eigenvalue weighted by atomic mass is 9.68. The first kappa shape index (κ1) is 21.6. The Morgan fingerprint density at radius 3 is 2.77 bits per heavy atom. The van der Waals surface area contributed by atoms with Crippen molar-refractivity contribution in [2.75, 3.05) is 18.4 Å². The maximum atomic E-state index is 13.4. The van der Waals surface area contributed by atoms with Crippen LogP contribution in [0.1, 0.15) is 38.4 Å². The van der Waals surface area contributed by atoms with E-state index in [2.05, 4.69) is 15.5 Å². The van der Waals surface area contributed by atoms with E-state index in [0.717, 1.165) is 29.3 Å². The normalized spacial score (nSPS) is 16.5. The molecule has 0 aliphatic carbocycles. The molecule has 8 heteroatoms. The molecule has 0 saturated carbocycles. The molecule has 1 atom stereocenters. The Hall–Kier alpha value is -2.64. The molecule has 0 bridgehead atoms. The number of aliphatic hydroxyl groups is 1. The zero-order valence-electron chi connectivity index (χ0n) is 17.5. The number of aliphatic hydroxyl groups excluding tert-OH is 1. The standard InChI is InChI=1S/C23H26ClFN4O2/c1-23(2,21(30)19-11-16(24)10-14-13-26-28-20(14)19)15-6-8-29(9-7-15)22(31)27-18-5-3-4-17(25)12-18/h3-5,10-13,15,21,30H,6-9H2,1-2H3,(H,26,28)(H,27,31). The van der Waals surface area contributed by atoms with Crippen molar-refractivity contribution in [1.82, 2.24) is 15.1 Å². The van der Waals surface area contributed by atoms with Crippen LogP contribution in [0.4, 0.5) is 14.9 Å². The number of carbonyl (C=O) groups is 1. The van der Waals surface area contributed by atoms with Crippen molar-refractivity contribution in [2.24, 2.45) is 11.3 Å². The van der Waals surface area contributed by atoms with Crippen LogP contribution < -0.4 is 5.32 Å². The van der Waals surface area contributed by atoms with Crippen LogP contribution in [0.5, 0.6) is 0 Å². The van der Waals surface area contributed by atoms with Crippen molar-refractivity contribution >= 4 is 34.2 Å². The van der Waals surface area contributed by atoms with Crippen molar-refractivity contribution in [3.05, 3.63) is 59.0 Å². The second-order valence-electron chi connectivity index (χ2n) is 8.75. The first-order chi connectivity index (χ1) is 14.8. The van der Waals surface area contributed by atoms with Gasteiger partial charge in [0.15, 0.2) is 0 Å². The summed E-state index contributed by atoms with van der Waals surface area (Å²) in [4.78, 5) is 14.3. The minimum absolute atomic E-state index is 0.206. The molecule has 0 radical (unpaired) electrons. The third kappa shape index (κ3) is 4.38. The second-order valence-corrected chi connectivity index (χ2v) is 9.19. The molecule has 1 unspecified atom stereocenters. The summed E-state index contributed by atoms with van der Waals surface area (Å²) >= 11 is 6.26. The molecule has 2 amide bonds. The Morgan fingerprint density at radius 2 is 2.06 bits per heavy atom. The third-order valence-electron chi connectivity index (χ3n) is 6.45. The summed E-state index contributed by atoms with van der Waals surface area (Å²) in [6.07, 6.45) is 2.47. The zero-order chi connectivity index (χ0) is 22.2. The summed E-state index contributed by atoms with van der Waals surface area (Å²) in [5.74, 6) is -0.183. The Morgan fingerprint density at radius 1 is 1.32 bits per heavy atom. The highest BCUT2D eigenvalue weighted by atomic mass is 35.5. The van der Waals surface area contributed by atoms with Crippen LogP contribution in [-0.2, 0) is 0 Å². The highest BCUT2D eigenvalue weighted by Crippen LogP contribution is 2.46. The van der Waals surface area contributed by atoms with Gasteiger partial charge in [0.2, 0.25) is 0 Å². The number of likely N-dealkylation sites (tertiary alicyclic amines) is 1. The zero-order valence-corrected chi connectivity index (χ0v) is 18.3. The van der Waals surface area contributed by atoms with Gasteiger partial charge in [-0.1, -0.05) is 31.5 Å². The van der Waals surface area contributed by atoms with Gasteiger partial charge >= 0.3 is 6.03 Å². The predicted molar refractivity (Wildman–Crippen MR) is 120 cm³/mol.